The first kappa shape index (κ1) is 18.4. The molecule has 1 aliphatic rings. The summed E-state index contributed by atoms with van der Waals surface area (Å²) < 4.78 is 14.6. The lowest BCUT2D eigenvalue weighted by Gasteiger charge is -2.19. The van der Waals surface area contributed by atoms with Crippen LogP contribution in [0.1, 0.15) is 39.0 Å². The number of ketones is 1. The van der Waals surface area contributed by atoms with Crippen molar-refractivity contribution in [2.24, 2.45) is 5.92 Å². The van der Waals surface area contributed by atoms with Crippen LogP contribution in [0.3, 0.4) is 0 Å². The van der Waals surface area contributed by atoms with Crippen LogP contribution in [0.15, 0.2) is 12.2 Å². The highest BCUT2D eigenvalue weighted by molar-refractivity contribution is 5.93. The van der Waals surface area contributed by atoms with Gasteiger partial charge in [0.05, 0.1) is 6.61 Å². The fourth-order valence-electron chi connectivity index (χ4n) is 2.26. The van der Waals surface area contributed by atoms with E-state index >= 15 is 0 Å². The van der Waals surface area contributed by atoms with Gasteiger partial charge in [0.2, 0.25) is 0 Å². The van der Waals surface area contributed by atoms with Gasteiger partial charge in [-0.1, -0.05) is 19.3 Å². The molecule has 0 aliphatic heterocycles. The Kier molecular flexibility index (Phi) is 9.14. The van der Waals surface area contributed by atoms with Crippen LogP contribution in [-0.4, -0.2) is 44.1 Å². The van der Waals surface area contributed by atoms with Gasteiger partial charge in [-0.15, -0.1) is 0 Å². The first-order chi connectivity index (χ1) is 10.6. The average molecular weight is 312 g/mol. The first-order valence-electron chi connectivity index (χ1n) is 7.75. The van der Waals surface area contributed by atoms with E-state index in [1.165, 1.54) is 0 Å². The molecule has 124 valence electrons. The van der Waals surface area contributed by atoms with Crippen molar-refractivity contribution >= 4 is 17.7 Å². The standard InChI is InChI=1S/C16H24O6/c1-2-20-10-11-21-15(18)8-9-16(19)22-12-14(17)13-6-4-3-5-7-13/h8-9,13H,2-7,10-12H2,1H3/b9-8+. The molecular weight excluding hydrogens is 288 g/mol. The predicted molar refractivity (Wildman–Crippen MR) is 79.1 cm³/mol. The lowest BCUT2D eigenvalue weighted by molar-refractivity contribution is -0.145. The molecule has 1 saturated carbocycles. The van der Waals surface area contributed by atoms with Crippen molar-refractivity contribution < 1.29 is 28.6 Å². The van der Waals surface area contributed by atoms with Gasteiger partial charge >= 0.3 is 11.9 Å². The highest BCUT2D eigenvalue weighted by Gasteiger charge is 2.21. The van der Waals surface area contributed by atoms with Gasteiger partial charge < -0.3 is 14.2 Å². The highest BCUT2D eigenvalue weighted by Crippen LogP contribution is 2.24. The minimum absolute atomic E-state index is 0.00839. The van der Waals surface area contributed by atoms with Gasteiger partial charge in [0, 0.05) is 24.7 Å². The fourth-order valence-corrected chi connectivity index (χ4v) is 2.26. The van der Waals surface area contributed by atoms with E-state index in [-0.39, 0.29) is 24.9 Å². The lowest BCUT2D eigenvalue weighted by atomic mass is 9.86. The lowest BCUT2D eigenvalue weighted by Crippen LogP contribution is -2.23. The van der Waals surface area contributed by atoms with Crippen LogP contribution in [0.5, 0.6) is 0 Å². The van der Waals surface area contributed by atoms with Crippen molar-refractivity contribution in [3.8, 4) is 0 Å². The second-order valence-electron chi connectivity index (χ2n) is 5.11. The maximum Gasteiger partial charge on any atom is 0.331 e. The van der Waals surface area contributed by atoms with Gasteiger partial charge in [-0.2, -0.15) is 0 Å². The van der Waals surface area contributed by atoms with Gasteiger partial charge in [0.15, 0.2) is 12.4 Å². The van der Waals surface area contributed by atoms with Gasteiger partial charge in [0.25, 0.3) is 0 Å². The number of esters is 2. The number of carbonyl (C=O) groups excluding carboxylic acids is 3. The van der Waals surface area contributed by atoms with Gasteiger partial charge in [-0.25, -0.2) is 9.59 Å². The smallest absolute Gasteiger partial charge is 0.331 e. The largest absolute Gasteiger partial charge is 0.460 e. The number of ether oxygens (including phenoxy) is 3. The van der Waals surface area contributed by atoms with E-state index in [0.29, 0.717) is 13.2 Å². The summed E-state index contributed by atoms with van der Waals surface area (Å²) in [5.74, 6) is -1.39. The minimum atomic E-state index is -0.717. The summed E-state index contributed by atoms with van der Waals surface area (Å²) in [6.07, 6.45) is 6.97. The summed E-state index contributed by atoms with van der Waals surface area (Å²) in [5, 5.41) is 0. The molecule has 0 spiro atoms. The molecule has 0 unspecified atom stereocenters. The molecule has 6 nitrogen and oxygen atoms in total. The Balaban J connectivity index is 2.17. The molecule has 0 amide bonds. The Morgan fingerprint density at radius 2 is 1.59 bits per heavy atom. The molecular formula is C16H24O6. The van der Waals surface area contributed by atoms with Gasteiger partial charge in [-0.05, 0) is 19.8 Å². The monoisotopic (exact) mass is 312 g/mol. The summed E-state index contributed by atoms with van der Waals surface area (Å²) in [7, 11) is 0. The van der Waals surface area contributed by atoms with E-state index in [0.717, 1.165) is 44.3 Å². The van der Waals surface area contributed by atoms with Crippen LogP contribution in [0.25, 0.3) is 0 Å². The Morgan fingerprint density at radius 3 is 2.23 bits per heavy atom. The molecule has 1 fully saturated rings. The molecule has 22 heavy (non-hydrogen) atoms. The van der Waals surface area contributed by atoms with Crippen molar-refractivity contribution in [1.82, 2.24) is 0 Å². The van der Waals surface area contributed by atoms with Crippen LogP contribution in [0.2, 0.25) is 0 Å². The number of hydrogen-bond acceptors (Lipinski definition) is 6. The number of Topliss-reactive ketones (excluding diaryl/α,β-unsaturated/α-hetero) is 1. The maximum absolute atomic E-state index is 11.8. The third kappa shape index (κ3) is 7.93. The van der Waals surface area contributed by atoms with E-state index in [1.54, 1.807) is 0 Å². The number of hydrogen-bond donors (Lipinski definition) is 0. The van der Waals surface area contributed by atoms with E-state index < -0.39 is 11.9 Å². The second kappa shape index (κ2) is 11.0. The van der Waals surface area contributed by atoms with Crippen molar-refractivity contribution in [3.05, 3.63) is 12.2 Å². The van der Waals surface area contributed by atoms with Crippen LogP contribution >= 0.6 is 0 Å². The first-order valence-corrected chi connectivity index (χ1v) is 7.75. The third-order valence-corrected chi connectivity index (χ3v) is 3.45. The van der Waals surface area contributed by atoms with Gasteiger partial charge in [-0.3, -0.25) is 4.79 Å². The number of carbonyl (C=O) groups is 3. The Morgan fingerprint density at radius 1 is 0.955 bits per heavy atom. The average Bonchev–Trinajstić information content (AvgIpc) is 2.55. The quantitative estimate of drug-likeness (QED) is 0.367. The molecule has 0 heterocycles. The molecule has 0 aromatic rings. The zero-order chi connectivity index (χ0) is 16.2. The Bertz CT molecular complexity index is 395. The molecule has 1 rings (SSSR count). The van der Waals surface area contributed by atoms with E-state index in [2.05, 4.69) is 0 Å². The predicted octanol–water partition coefficient (Wildman–Crippen LogP) is 1.81. The van der Waals surface area contributed by atoms with Crippen molar-refractivity contribution in [2.45, 2.75) is 39.0 Å². The van der Waals surface area contributed by atoms with E-state index in [1.807, 2.05) is 6.92 Å². The zero-order valence-electron chi connectivity index (χ0n) is 13.0. The molecule has 0 bridgehead atoms. The summed E-state index contributed by atoms with van der Waals surface area (Å²) in [6, 6.07) is 0. The Labute approximate surface area is 130 Å². The van der Waals surface area contributed by atoms with Crippen LogP contribution in [0, 0.1) is 5.92 Å². The van der Waals surface area contributed by atoms with Crippen LogP contribution in [-0.2, 0) is 28.6 Å². The van der Waals surface area contributed by atoms with Crippen molar-refractivity contribution in [3.63, 3.8) is 0 Å². The minimum Gasteiger partial charge on any atom is -0.460 e. The van der Waals surface area contributed by atoms with E-state index in [9.17, 15) is 14.4 Å². The highest BCUT2D eigenvalue weighted by atomic mass is 16.6. The summed E-state index contributed by atoms with van der Waals surface area (Å²) in [4.78, 5) is 34.5. The third-order valence-electron chi connectivity index (χ3n) is 3.45. The van der Waals surface area contributed by atoms with Crippen molar-refractivity contribution in [1.29, 1.82) is 0 Å². The second-order valence-corrected chi connectivity index (χ2v) is 5.11. The SMILES string of the molecule is CCOCCOC(=O)/C=C/C(=O)OCC(=O)C1CCCCC1. The summed E-state index contributed by atoms with van der Waals surface area (Å²) in [6.45, 7) is 2.61. The van der Waals surface area contributed by atoms with Crippen LogP contribution < -0.4 is 0 Å². The fraction of sp³-hybridized carbons (Fsp3) is 0.688. The number of rotatable bonds is 9. The summed E-state index contributed by atoms with van der Waals surface area (Å²) >= 11 is 0. The molecule has 0 aromatic carbocycles. The molecule has 0 aromatic heterocycles. The molecule has 0 saturated heterocycles. The molecule has 0 atom stereocenters. The summed E-state index contributed by atoms with van der Waals surface area (Å²) in [5.41, 5.74) is 0. The molecule has 0 radical (unpaired) electrons. The van der Waals surface area contributed by atoms with Crippen molar-refractivity contribution in [2.75, 3.05) is 26.4 Å². The van der Waals surface area contributed by atoms with Crippen LogP contribution in [0.4, 0.5) is 0 Å². The zero-order valence-corrected chi connectivity index (χ0v) is 13.0. The molecule has 6 heteroatoms. The molecule has 0 N–H and O–H groups in total. The maximum atomic E-state index is 11.8. The van der Waals surface area contributed by atoms with E-state index in [4.69, 9.17) is 14.2 Å². The Hall–Kier alpha value is -1.69. The topological polar surface area (TPSA) is 78.9 Å². The normalized spacial score (nSPS) is 15.7. The van der Waals surface area contributed by atoms with Gasteiger partial charge in [0.1, 0.15) is 6.61 Å². The molecule has 1 aliphatic carbocycles.